The number of carbonyl (C=O) groups is 1. The average molecular weight is 291 g/mol. The van der Waals surface area contributed by atoms with Gasteiger partial charge in [0.05, 0.1) is 0 Å². The van der Waals surface area contributed by atoms with Gasteiger partial charge in [0.25, 0.3) is 0 Å². The topological polar surface area (TPSA) is 77.2 Å². The predicted octanol–water partition coefficient (Wildman–Crippen LogP) is 2.11. The second-order valence-electron chi connectivity index (χ2n) is 4.42. The Bertz CT molecular complexity index is 671. The van der Waals surface area contributed by atoms with Crippen molar-refractivity contribution in [2.24, 2.45) is 5.73 Å². The Morgan fingerprint density at radius 3 is 1.85 bits per heavy atom. The van der Waals surface area contributed by atoms with Crippen molar-refractivity contribution in [3.05, 3.63) is 60.2 Å². The minimum absolute atomic E-state index is 0.394. The number of hydrogen-bond donors (Lipinski definition) is 1. The average Bonchev–Trinajstić information content (AvgIpc) is 2.38. The van der Waals surface area contributed by atoms with E-state index in [1.165, 1.54) is 0 Å². The van der Waals surface area contributed by atoms with Crippen molar-refractivity contribution < 1.29 is 13.2 Å². The lowest BCUT2D eigenvalue weighted by Gasteiger charge is -2.05. The monoisotopic (exact) mass is 291 g/mol. The van der Waals surface area contributed by atoms with Crippen LogP contribution in [0.5, 0.6) is 0 Å². The third-order valence-corrected chi connectivity index (χ3v) is 2.28. The number of benzene rings is 2. The fraction of sp³-hybridized carbons (Fsp3) is 0.133. The summed E-state index contributed by atoms with van der Waals surface area (Å²) in [5.41, 5.74) is 7.76. The molecule has 20 heavy (non-hydrogen) atoms. The smallest absolute Gasteiger partial charge is 0.249 e. The van der Waals surface area contributed by atoms with Gasteiger partial charge in [-0.2, -0.15) is 0 Å². The van der Waals surface area contributed by atoms with Gasteiger partial charge in [0.15, 0.2) is 0 Å². The largest absolute Gasteiger partial charge is 0.366 e. The maximum atomic E-state index is 11.2. The van der Waals surface area contributed by atoms with Gasteiger partial charge >= 0.3 is 0 Å². The summed E-state index contributed by atoms with van der Waals surface area (Å²) in [6.45, 7) is 0. The second kappa shape index (κ2) is 6.86. The van der Waals surface area contributed by atoms with E-state index in [9.17, 15) is 13.2 Å². The van der Waals surface area contributed by atoms with E-state index in [1.54, 1.807) is 6.07 Å². The van der Waals surface area contributed by atoms with E-state index in [-0.39, 0.29) is 0 Å². The molecular weight excluding hydrogens is 274 g/mol. The molecule has 0 aliphatic heterocycles. The molecule has 4 nitrogen and oxygen atoms in total. The molecule has 0 atom stereocenters. The van der Waals surface area contributed by atoms with Gasteiger partial charge in [0, 0.05) is 18.1 Å². The van der Waals surface area contributed by atoms with E-state index in [1.807, 2.05) is 48.5 Å². The van der Waals surface area contributed by atoms with Gasteiger partial charge in [-0.15, -0.1) is 0 Å². The van der Waals surface area contributed by atoms with Crippen LogP contribution in [-0.2, 0) is 9.84 Å². The van der Waals surface area contributed by atoms with E-state index in [2.05, 4.69) is 0 Å². The zero-order chi connectivity index (χ0) is 15.2. The highest BCUT2D eigenvalue weighted by atomic mass is 32.2. The first-order valence-corrected chi connectivity index (χ1v) is 8.18. The zero-order valence-electron chi connectivity index (χ0n) is 11.4. The Morgan fingerprint density at radius 1 is 0.900 bits per heavy atom. The molecule has 1 amide bonds. The molecule has 0 heterocycles. The molecule has 0 unspecified atom stereocenters. The van der Waals surface area contributed by atoms with E-state index >= 15 is 0 Å². The highest BCUT2D eigenvalue weighted by Gasteiger charge is 2.07. The molecule has 0 aromatic heterocycles. The van der Waals surface area contributed by atoms with Crippen molar-refractivity contribution >= 4 is 15.7 Å². The molecule has 2 aromatic rings. The summed E-state index contributed by atoms with van der Waals surface area (Å²) >= 11 is 0. The third-order valence-electron chi connectivity index (χ3n) is 2.28. The Hall–Kier alpha value is -2.14. The van der Waals surface area contributed by atoms with Crippen molar-refractivity contribution in [2.45, 2.75) is 0 Å². The molecule has 0 saturated carbocycles. The molecule has 0 fully saturated rings. The van der Waals surface area contributed by atoms with E-state index < -0.39 is 15.7 Å². The highest BCUT2D eigenvalue weighted by Crippen LogP contribution is 2.22. The van der Waals surface area contributed by atoms with E-state index in [4.69, 9.17) is 5.73 Å². The molecule has 106 valence electrons. The number of amides is 1. The molecule has 5 heteroatoms. The minimum atomic E-state index is -2.67. The van der Waals surface area contributed by atoms with Crippen LogP contribution in [0.3, 0.4) is 0 Å². The van der Waals surface area contributed by atoms with Crippen LogP contribution in [-0.4, -0.2) is 26.8 Å². The Kier molecular flexibility index (Phi) is 5.46. The van der Waals surface area contributed by atoms with Crippen LogP contribution in [0.4, 0.5) is 0 Å². The van der Waals surface area contributed by atoms with Crippen LogP contribution in [0.15, 0.2) is 54.6 Å². The van der Waals surface area contributed by atoms with Gasteiger partial charge < -0.3 is 5.73 Å². The quantitative estimate of drug-likeness (QED) is 0.920. The first-order valence-electron chi connectivity index (χ1n) is 5.88. The summed E-state index contributed by atoms with van der Waals surface area (Å²) in [4.78, 5) is 11.2. The number of rotatable bonds is 2. The second-order valence-corrected chi connectivity index (χ2v) is 6.70. The Morgan fingerprint density at radius 2 is 1.35 bits per heavy atom. The van der Waals surface area contributed by atoms with Crippen LogP contribution in [0, 0.1) is 0 Å². The standard InChI is InChI=1S/C13H11NO.C2H6O2S/c14-13(15)12-9-5-4-8-11(12)10-6-2-1-3-7-10;1-5(2,3)4/h1-9H,(H2,14,15);1-2H3. The zero-order valence-corrected chi connectivity index (χ0v) is 12.2. The SMILES string of the molecule is CS(C)(=O)=O.NC(=O)c1ccccc1-c1ccccc1. The summed E-state index contributed by atoms with van der Waals surface area (Å²) < 4.78 is 19.3. The number of sulfone groups is 1. The lowest BCUT2D eigenvalue weighted by Crippen LogP contribution is -2.12. The molecule has 0 aliphatic carbocycles. The highest BCUT2D eigenvalue weighted by molar-refractivity contribution is 7.89. The lowest BCUT2D eigenvalue weighted by molar-refractivity contribution is 0.100. The van der Waals surface area contributed by atoms with Crippen LogP contribution in [0.2, 0.25) is 0 Å². The van der Waals surface area contributed by atoms with Crippen molar-refractivity contribution in [1.29, 1.82) is 0 Å². The first kappa shape index (κ1) is 15.9. The maximum absolute atomic E-state index is 11.2. The van der Waals surface area contributed by atoms with E-state index in [0.717, 1.165) is 23.6 Å². The third kappa shape index (κ3) is 5.67. The van der Waals surface area contributed by atoms with Crippen molar-refractivity contribution in [3.63, 3.8) is 0 Å². The maximum Gasteiger partial charge on any atom is 0.249 e. The van der Waals surface area contributed by atoms with E-state index in [0.29, 0.717) is 5.56 Å². The summed E-state index contributed by atoms with van der Waals surface area (Å²) in [5.74, 6) is -0.394. The van der Waals surface area contributed by atoms with Gasteiger partial charge in [-0.05, 0) is 17.2 Å². The molecule has 0 saturated heterocycles. The minimum Gasteiger partial charge on any atom is -0.366 e. The van der Waals surface area contributed by atoms with Gasteiger partial charge in [0.1, 0.15) is 9.84 Å². The van der Waals surface area contributed by atoms with Gasteiger partial charge in [-0.25, -0.2) is 8.42 Å². The normalized spacial score (nSPS) is 10.3. The van der Waals surface area contributed by atoms with Gasteiger partial charge in [-0.1, -0.05) is 48.5 Å². The lowest BCUT2D eigenvalue weighted by atomic mass is 9.99. The fourth-order valence-corrected chi connectivity index (χ4v) is 1.57. The predicted molar refractivity (Wildman–Crippen MR) is 81.2 cm³/mol. The molecule has 2 rings (SSSR count). The molecule has 2 aromatic carbocycles. The molecule has 2 N–H and O–H groups in total. The molecule has 0 bridgehead atoms. The van der Waals surface area contributed by atoms with Gasteiger partial charge in [-0.3, -0.25) is 4.79 Å². The molecule has 0 aliphatic rings. The molecular formula is C15H17NO3S. The molecule has 0 spiro atoms. The van der Waals surface area contributed by atoms with Crippen LogP contribution in [0.1, 0.15) is 10.4 Å². The summed E-state index contributed by atoms with van der Waals surface area (Å²) in [7, 11) is -2.67. The van der Waals surface area contributed by atoms with Crippen LogP contribution >= 0.6 is 0 Å². The Balaban J connectivity index is 0.000000347. The fourth-order valence-electron chi connectivity index (χ4n) is 1.57. The number of hydrogen-bond acceptors (Lipinski definition) is 3. The number of carbonyl (C=O) groups excluding carboxylic acids is 1. The van der Waals surface area contributed by atoms with Gasteiger partial charge in [0.2, 0.25) is 5.91 Å². The number of primary amides is 1. The van der Waals surface area contributed by atoms with Crippen molar-refractivity contribution in [3.8, 4) is 11.1 Å². The summed E-state index contributed by atoms with van der Waals surface area (Å²) in [6.07, 6.45) is 2.32. The van der Waals surface area contributed by atoms with Crippen LogP contribution in [0.25, 0.3) is 11.1 Å². The van der Waals surface area contributed by atoms with Crippen molar-refractivity contribution in [2.75, 3.05) is 12.5 Å². The Labute approximate surface area is 119 Å². The van der Waals surface area contributed by atoms with Crippen LogP contribution < -0.4 is 5.73 Å². The van der Waals surface area contributed by atoms with Crippen molar-refractivity contribution in [1.82, 2.24) is 0 Å². The molecule has 0 radical (unpaired) electrons. The number of nitrogens with two attached hydrogens (primary N) is 1. The first-order chi connectivity index (χ1) is 9.29. The summed E-state index contributed by atoms with van der Waals surface area (Å²) in [5, 5.41) is 0. The summed E-state index contributed by atoms with van der Waals surface area (Å²) in [6, 6.07) is 17.1.